The van der Waals surface area contributed by atoms with Crippen molar-refractivity contribution in [2.45, 2.75) is 19.5 Å². The van der Waals surface area contributed by atoms with E-state index in [1.165, 1.54) is 0 Å². The van der Waals surface area contributed by atoms with E-state index >= 15 is 0 Å². The summed E-state index contributed by atoms with van der Waals surface area (Å²) >= 11 is 0. The fourth-order valence-corrected chi connectivity index (χ4v) is 2.70. The van der Waals surface area contributed by atoms with Crippen LogP contribution in [0.4, 0.5) is 0 Å². The van der Waals surface area contributed by atoms with E-state index in [9.17, 15) is 4.79 Å². The van der Waals surface area contributed by atoms with Gasteiger partial charge in [0.15, 0.2) is 0 Å². The molecule has 0 spiro atoms. The largest absolute Gasteiger partial charge is 0.462 e. The molecule has 0 radical (unpaired) electrons. The van der Waals surface area contributed by atoms with E-state index in [0.29, 0.717) is 31.3 Å². The summed E-state index contributed by atoms with van der Waals surface area (Å²) in [6.07, 6.45) is 1.58. The molecular weight excluding hydrogens is 270 g/mol. The summed E-state index contributed by atoms with van der Waals surface area (Å²) in [4.78, 5) is 16.6. The number of esters is 1. The van der Waals surface area contributed by atoms with Gasteiger partial charge in [0.2, 0.25) is 0 Å². The molecule has 0 amide bonds. The minimum atomic E-state index is -0.306. The fraction of sp³-hybridized carbons (Fsp3) is 0.714. The molecule has 1 aliphatic rings. The number of rotatable bonds is 5. The van der Waals surface area contributed by atoms with Crippen molar-refractivity contribution in [3.8, 4) is 0 Å². The Balaban J connectivity index is 2.15. The van der Waals surface area contributed by atoms with Crippen molar-refractivity contribution < 1.29 is 9.53 Å². The van der Waals surface area contributed by atoms with E-state index in [-0.39, 0.29) is 5.97 Å². The number of nitrogens with two attached hydrogens (primary N) is 1. The van der Waals surface area contributed by atoms with Crippen LogP contribution in [0, 0.1) is 0 Å². The third-order valence-electron chi connectivity index (χ3n) is 3.99. The van der Waals surface area contributed by atoms with E-state index in [4.69, 9.17) is 10.5 Å². The molecule has 7 nitrogen and oxygen atoms in total. The summed E-state index contributed by atoms with van der Waals surface area (Å²) in [5.74, 6) is -0.306. The molecule has 0 bridgehead atoms. The van der Waals surface area contributed by atoms with Crippen LogP contribution in [0.3, 0.4) is 0 Å². The van der Waals surface area contributed by atoms with Crippen molar-refractivity contribution in [3.63, 3.8) is 0 Å². The van der Waals surface area contributed by atoms with Gasteiger partial charge in [-0.1, -0.05) is 0 Å². The number of ether oxygens (including phenoxy) is 1. The second-order valence-corrected chi connectivity index (χ2v) is 5.47. The van der Waals surface area contributed by atoms with E-state index in [0.717, 1.165) is 25.3 Å². The normalized spacial score (nSPS) is 20.7. The predicted octanol–water partition coefficient (Wildman–Crippen LogP) is -0.328. The maximum Gasteiger partial charge on any atom is 0.341 e. The monoisotopic (exact) mass is 295 g/mol. The number of carbonyl (C=O) groups is 1. The van der Waals surface area contributed by atoms with Crippen LogP contribution in [0.15, 0.2) is 6.20 Å². The third-order valence-corrected chi connectivity index (χ3v) is 3.99. The van der Waals surface area contributed by atoms with Gasteiger partial charge in [-0.3, -0.25) is 9.58 Å². The summed E-state index contributed by atoms with van der Waals surface area (Å²) in [5, 5.41) is 4.20. The molecule has 118 valence electrons. The quantitative estimate of drug-likeness (QED) is 0.750. The molecule has 1 aromatic rings. The number of nitrogens with zero attached hydrogens (tertiary/aromatic N) is 4. The number of aromatic nitrogens is 2. The van der Waals surface area contributed by atoms with Crippen LogP contribution in [0.25, 0.3) is 0 Å². The Morgan fingerprint density at radius 1 is 1.48 bits per heavy atom. The summed E-state index contributed by atoms with van der Waals surface area (Å²) in [5.41, 5.74) is 7.32. The van der Waals surface area contributed by atoms with Gasteiger partial charge >= 0.3 is 5.97 Å². The molecular formula is C14H25N5O2. The summed E-state index contributed by atoms with van der Waals surface area (Å²) in [6.45, 7) is 6.33. The van der Waals surface area contributed by atoms with Crippen molar-refractivity contribution in [2.24, 2.45) is 12.8 Å². The van der Waals surface area contributed by atoms with Gasteiger partial charge in [-0.2, -0.15) is 5.10 Å². The Hall–Kier alpha value is -1.44. The number of aryl methyl sites for hydroxylation is 1. The predicted molar refractivity (Wildman–Crippen MR) is 79.9 cm³/mol. The fourth-order valence-electron chi connectivity index (χ4n) is 2.70. The zero-order chi connectivity index (χ0) is 15.4. The average molecular weight is 295 g/mol. The average Bonchev–Trinajstić information content (AvgIpc) is 2.82. The smallest absolute Gasteiger partial charge is 0.341 e. The lowest BCUT2D eigenvalue weighted by molar-refractivity contribution is 0.0518. The Morgan fingerprint density at radius 2 is 2.24 bits per heavy atom. The molecule has 2 N–H and O–H groups in total. The molecule has 1 unspecified atom stereocenters. The van der Waals surface area contributed by atoms with Crippen molar-refractivity contribution in [1.29, 1.82) is 0 Å². The molecule has 21 heavy (non-hydrogen) atoms. The zero-order valence-corrected chi connectivity index (χ0v) is 13.1. The first-order valence-corrected chi connectivity index (χ1v) is 7.37. The lowest BCUT2D eigenvalue weighted by atomic mass is 10.1. The molecule has 7 heteroatoms. The number of likely N-dealkylation sites (N-methyl/N-ethyl adjacent to an activating group) is 1. The molecule has 1 atom stereocenters. The summed E-state index contributed by atoms with van der Waals surface area (Å²) in [6, 6.07) is 0.300. The summed E-state index contributed by atoms with van der Waals surface area (Å²) in [7, 11) is 3.96. The van der Waals surface area contributed by atoms with Crippen LogP contribution in [0.5, 0.6) is 0 Å². The van der Waals surface area contributed by atoms with Gasteiger partial charge in [0.1, 0.15) is 5.56 Å². The van der Waals surface area contributed by atoms with Gasteiger partial charge in [-0.05, 0) is 14.0 Å². The molecule has 0 saturated carbocycles. The van der Waals surface area contributed by atoms with Crippen LogP contribution in [0.1, 0.15) is 23.0 Å². The van der Waals surface area contributed by atoms with Crippen LogP contribution in [-0.2, 0) is 18.3 Å². The highest BCUT2D eigenvalue weighted by Crippen LogP contribution is 2.16. The summed E-state index contributed by atoms with van der Waals surface area (Å²) < 4.78 is 6.85. The minimum Gasteiger partial charge on any atom is -0.462 e. The van der Waals surface area contributed by atoms with Gasteiger partial charge in [-0.25, -0.2) is 4.79 Å². The lowest BCUT2D eigenvalue weighted by Gasteiger charge is -2.39. The molecule has 0 aliphatic carbocycles. The second kappa shape index (κ2) is 7.02. The second-order valence-electron chi connectivity index (χ2n) is 5.47. The Morgan fingerprint density at radius 3 is 2.90 bits per heavy atom. The van der Waals surface area contributed by atoms with Crippen LogP contribution in [0.2, 0.25) is 0 Å². The molecule has 2 rings (SSSR count). The first kappa shape index (κ1) is 15.9. The molecule has 1 fully saturated rings. The Bertz CT molecular complexity index is 488. The van der Waals surface area contributed by atoms with Gasteiger partial charge in [0.25, 0.3) is 0 Å². The standard InChI is InChI=1S/C14H25N5O2/c1-4-21-14(20)12-8-16-18(3)13(12)10-19-6-5-17(2)9-11(19)7-15/h8,11H,4-7,9-10,15H2,1-3H3. The maximum atomic E-state index is 12.0. The van der Waals surface area contributed by atoms with Crippen LogP contribution >= 0.6 is 0 Å². The van der Waals surface area contributed by atoms with Gasteiger partial charge in [0, 0.05) is 45.8 Å². The number of hydrogen-bond donors (Lipinski definition) is 1. The SMILES string of the molecule is CCOC(=O)c1cnn(C)c1CN1CCN(C)CC1CN. The number of piperazine rings is 1. The van der Waals surface area contributed by atoms with E-state index in [1.807, 2.05) is 7.05 Å². The zero-order valence-electron chi connectivity index (χ0n) is 13.1. The third kappa shape index (κ3) is 3.61. The highest BCUT2D eigenvalue weighted by molar-refractivity contribution is 5.90. The first-order chi connectivity index (χ1) is 10.1. The van der Waals surface area contributed by atoms with Crippen molar-refractivity contribution >= 4 is 5.97 Å². The minimum absolute atomic E-state index is 0.300. The highest BCUT2D eigenvalue weighted by atomic mass is 16.5. The maximum absolute atomic E-state index is 12.0. The lowest BCUT2D eigenvalue weighted by Crippen LogP contribution is -2.54. The Kier molecular flexibility index (Phi) is 5.33. The molecule has 1 aromatic heterocycles. The number of hydrogen-bond acceptors (Lipinski definition) is 6. The Labute approximate surface area is 125 Å². The molecule has 2 heterocycles. The van der Waals surface area contributed by atoms with E-state index in [2.05, 4.69) is 21.9 Å². The van der Waals surface area contributed by atoms with Gasteiger partial charge in [-0.15, -0.1) is 0 Å². The molecule has 0 aromatic carbocycles. The number of carbonyl (C=O) groups excluding carboxylic acids is 1. The van der Waals surface area contributed by atoms with E-state index in [1.54, 1.807) is 17.8 Å². The van der Waals surface area contributed by atoms with Crippen molar-refractivity contribution in [1.82, 2.24) is 19.6 Å². The first-order valence-electron chi connectivity index (χ1n) is 7.37. The molecule has 1 saturated heterocycles. The molecule has 1 aliphatic heterocycles. The van der Waals surface area contributed by atoms with Crippen molar-refractivity contribution in [3.05, 3.63) is 17.5 Å². The van der Waals surface area contributed by atoms with Gasteiger partial charge in [0.05, 0.1) is 18.5 Å². The van der Waals surface area contributed by atoms with Crippen LogP contribution in [-0.4, -0.2) is 71.4 Å². The van der Waals surface area contributed by atoms with Crippen LogP contribution < -0.4 is 5.73 Å². The van der Waals surface area contributed by atoms with Crippen molar-refractivity contribution in [2.75, 3.05) is 39.8 Å². The topological polar surface area (TPSA) is 76.6 Å². The van der Waals surface area contributed by atoms with Gasteiger partial charge < -0.3 is 15.4 Å². The van der Waals surface area contributed by atoms with E-state index < -0.39 is 0 Å². The highest BCUT2D eigenvalue weighted by Gasteiger charge is 2.27.